The molecule has 3 aliphatic carbocycles. The summed E-state index contributed by atoms with van der Waals surface area (Å²) in [6, 6.07) is 28.4. The van der Waals surface area contributed by atoms with Crippen molar-refractivity contribution in [2.75, 3.05) is 0 Å². The fourth-order valence-electron chi connectivity index (χ4n) is 6.92. The largest absolute Gasteiger partial charge is 0.481 e. The third-order valence-corrected chi connectivity index (χ3v) is 9.34. The molecular weight excluding hydrogens is 529 g/mol. The summed E-state index contributed by atoms with van der Waals surface area (Å²) in [6.45, 7) is 2.45. The summed E-state index contributed by atoms with van der Waals surface area (Å²) in [5.74, 6) is -1.29. The van der Waals surface area contributed by atoms with Crippen molar-refractivity contribution in [3.05, 3.63) is 114 Å². The summed E-state index contributed by atoms with van der Waals surface area (Å²) in [6.07, 6.45) is 3.55. The lowest BCUT2D eigenvalue weighted by Crippen LogP contribution is -2.71. The molecule has 6 nitrogen and oxygen atoms in total. The van der Waals surface area contributed by atoms with Crippen LogP contribution in [0.3, 0.4) is 0 Å². The molecule has 8 rings (SSSR count). The molecule has 1 atom stereocenters. The Labute approximate surface area is 242 Å². The number of fused-ring (bicyclic) bond motifs is 1. The van der Waals surface area contributed by atoms with Gasteiger partial charge < -0.3 is 10.4 Å². The number of carboxylic acids is 1. The zero-order valence-corrected chi connectivity index (χ0v) is 23.2. The van der Waals surface area contributed by atoms with E-state index in [1.54, 1.807) is 18.3 Å². The van der Waals surface area contributed by atoms with Crippen molar-refractivity contribution < 1.29 is 19.1 Å². The number of halogens is 1. The van der Waals surface area contributed by atoms with E-state index in [1.165, 1.54) is 12.1 Å². The van der Waals surface area contributed by atoms with Crippen LogP contribution in [0.2, 0.25) is 0 Å². The predicted octanol–water partition coefficient (Wildman–Crippen LogP) is 6.93. The molecule has 3 fully saturated rings. The number of hydrogen-bond acceptors (Lipinski definition) is 3. The number of amides is 1. The molecule has 0 aliphatic heterocycles. The van der Waals surface area contributed by atoms with Gasteiger partial charge in [-0.2, -0.15) is 5.10 Å². The Balaban J connectivity index is 1.21. The van der Waals surface area contributed by atoms with E-state index >= 15 is 0 Å². The average molecular weight is 560 g/mol. The van der Waals surface area contributed by atoms with Crippen LogP contribution in [0.25, 0.3) is 33.2 Å². The molecule has 1 amide bonds. The maximum absolute atomic E-state index is 13.9. The van der Waals surface area contributed by atoms with E-state index < -0.39 is 11.4 Å². The zero-order chi connectivity index (χ0) is 29.1. The number of hydrogen-bond donors (Lipinski definition) is 2. The van der Waals surface area contributed by atoms with Crippen LogP contribution in [0.4, 0.5) is 4.39 Å². The fourth-order valence-corrected chi connectivity index (χ4v) is 6.92. The number of carboxylic acid groups (broad SMARTS) is 1. The molecule has 5 aromatic rings. The van der Waals surface area contributed by atoms with Gasteiger partial charge in [0.2, 0.25) is 0 Å². The molecule has 42 heavy (non-hydrogen) atoms. The number of aliphatic carboxylic acids is 1. The Morgan fingerprint density at radius 1 is 0.905 bits per heavy atom. The molecule has 0 unspecified atom stereocenters. The van der Waals surface area contributed by atoms with Crippen molar-refractivity contribution in [3.8, 4) is 22.3 Å². The smallest absolute Gasteiger partial charge is 0.309 e. The highest BCUT2D eigenvalue weighted by Crippen LogP contribution is 2.74. The van der Waals surface area contributed by atoms with Crippen molar-refractivity contribution >= 4 is 22.8 Å². The molecule has 2 N–H and O–H groups in total. The van der Waals surface area contributed by atoms with Gasteiger partial charge in [-0.15, -0.1) is 0 Å². The van der Waals surface area contributed by atoms with Gasteiger partial charge in [0.25, 0.3) is 5.91 Å². The lowest BCUT2D eigenvalue weighted by Gasteiger charge is -2.70. The highest BCUT2D eigenvalue weighted by atomic mass is 19.1. The first-order valence-corrected chi connectivity index (χ1v) is 14.2. The van der Waals surface area contributed by atoms with E-state index in [-0.39, 0.29) is 23.2 Å². The van der Waals surface area contributed by atoms with E-state index in [9.17, 15) is 19.1 Å². The first-order valence-electron chi connectivity index (χ1n) is 14.2. The second-order valence-corrected chi connectivity index (χ2v) is 12.0. The van der Waals surface area contributed by atoms with E-state index in [0.717, 1.165) is 38.7 Å². The molecule has 1 heterocycles. The number of carbonyl (C=O) groups excluding carboxylic acids is 1. The standard InChI is InChI=1S/C35H30FN3O3/c1-22(34-19-35(20-34,21-34)33(41)42)38-32(40)30-16-27(26-11-13-29(36)14-12-26)15-28-17-37-39(31(28)30)18-23-7-9-25(10-8-23)24-5-3-2-4-6-24/h2-17,22H,18-21H2,1H3,(H,38,40)(H,41,42)/t22-,34?,35?/m0/s1. The molecule has 0 radical (unpaired) electrons. The van der Waals surface area contributed by atoms with E-state index in [1.807, 2.05) is 41.9 Å². The van der Waals surface area contributed by atoms with Crippen molar-refractivity contribution in [2.45, 2.75) is 38.8 Å². The lowest BCUT2D eigenvalue weighted by molar-refractivity contribution is -0.230. The highest BCUT2D eigenvalue weighted by molar-refractivity contribution is 6.07. The number of benzene rings is 4. The van der Waals surface area contributed by atoms with E-state index in [0.29, 0.717) is 31.4 Å². The summed E-state index contributed by atoms with van der Waals surface area (Å²) in [5.41, 5.74) is 5.35. The first kappa shape index (κ1) is 26.1. The molecule has 210 valence electrons. The summed E-state index contributed by atoms with van der Waals surface area (Å²) in [5, 5.41) is 18.2. The summed E-state index contributed by atoms with van der Waals surface area (Å²) in [4.78, 5) is 25.5. The van der Waals surface area contributed by atoms with E-state index in [2.05, 4.69) is 46.8 Å². The fraction of sp³-hybridized carbons (Fsp3) is 0.229. The molecule has 4 aromatic carbocycles. The lowest BCUT2D eigenvalue weighted by atomic mass is 9.33. The third-order valence-electron chi connectivity index (χ3n) is 9.34. The second-order valence-electron chi connectivity index (χ2n) is 12.0. The van der Waals surface area contributed by atoms with Crippen LogP contribution in [0.15, 0.2) is 97.2 Å². The van der Waals surface area contributed by atoms with Gasteiger partial charge in [-0.1, -0.05) is 66.7 Å². The van der Waals surface area contributed by atoms with Gasteiger partial charge in [-0.25, -0.2) is 4.39 Å². The van der Waals surface area contributed by atoms with Crippen LogP contribution in [0.1, 0.15) is 42.1 Å². The molecular formula is C35H30FN3O3. The minimum Gasteiger partial charge on any atom is -0.481 e. The average Bonchev–Trinajstić information content (AvgIpc) is 3.34. The van der Waals surface area contributed by atoms with Crippen molar-refractivity contribution in [1.82, 2.24) is 15.1 Å². The second kappa shape index (κ2) is 9.65. The molecule has 3 saturated carbocycles. The van der Waals surface area contributed by atoms with Crippen LogP contribution in [0.5, 0.6) is 0 Å². The van der Waals surface area contributed by atoms with Crippen LogP contribution in [0, 0.1) is 16.6 Å². The minimum atomic E-state index is -0.739. The van der Waals surface area contributed by atoms with Crippen LogP contribution < -0.4 is 5.32 Å². The van der Waals surface area contributed by atoms with Gasteiger partial charge in [-0.3, -0.25) is 14.3 Å². The zero-order valence-electron chi connectivity index (χ0n) is 23.2. The minimum absolute atomic E-state index is 0.164. The molecule has 3 aliphatic rings. The molecule has 7 heteroatoms. The Hall–Kier alpha value is -4.78. The van der Waals surface area contributed by atoms with Gasteiger partial charge in [0.1, 0.15) is 5.82 Å². The first-order chi connectivity index (χ1) is 20.3. The van der Waals surface area contributed by atoms with Crippen LogP contribution in [-0.2, 0) is 11.3 Å². The Morgan fingerprint density at radius 3 is 2.19 bits per heavy atom. The number of nitrogens with one attached hydrogen (secondary N) is 1. The monoisotopic (exact) mass is 559 g/mol. The third kappa shape index (κ3) is 4.28. The Bertz CT molecular complexity index is 1810. The van der Waals surface area contributed by atoms with Crippen molar-refractivity contribution in [3.63, 3.8) is 0 Å². The normalized spacial score (nSPS) is 21.3. The molecule has 0 spiro atoms. The van der Waals surface area contributed by atoms with Gasteiger partial charge in [0, 0.05) is 11.4 Å². The highest BCUT2D eigenvalue weighted by Gasteiger charge is 2.73. The van der Waals surface area contributed by atoms with Crippen LogP contribution in [-0.4, -0.2) is 32.8 Å². The van der Waals surface area contributed by atoms with Gasteiger partial charge in [0.15, 0.2) is 0 Å². The van der Waals surface area contributed by atoms with Gasteiger partial charge >= 0.3 is 5.97 Å². The topological polar surface area (TPSA) is 84.2 Å². The Morgan fingerprint density at radius 2 is 1.52 bits per heavy atom. The molecule has 1 aromatic heterocycles. The summed E-state index contributed by atoms with van der Waals surface area (Å²) < 4.78 is 15.5. The maximum atomic E-state index is 13.9. The van der Waals surface area contributed by atoms with Crippen LogP contribution >= 0.6 is 0 Å². The number of aromatic nitrogens is 2. The van der Waals surface area contributed by atoms with E-state index in [4.69, 9.17) is 0 Å². The molecule has 2 bridgehead atoms. The quantitative estimate of drug-likeness (QED) is 0.216. The SMILES string of the molecule is C[C@H](NC(=O)c1cc(-c2ccc(F)cc2)cc2cnn(Cc3ccc(-c4ccccc4)cc3)c12)C12CC(C(=O)O)(C1)C2. The van der Waals surface area contributed by atoms with Crippen molar-refractivity contribution in [1.29, 1.82) is 0 Å². The maximum Gasteiger partial charge on any atom is 0.309 e. The van der Waals surface area contributed by atoms with Crippen molar-refractivity contribution in [2.24, 2.45) is 10.8 Å². The number of nitrogens with zero attached hydrogens (tertiary/aromatic N) is 2. The van der Waals surface area contributed by atoms with Gasteiger partial charge in [-0.05, 0) is 83.7 Å². The summed E-state index contributed by atoms with van der Waals surface area (Å²) >= 11 is 0. The number of rotatable bonds is 8. The Kier molecular flexibility index (Phi) is 6.01. The number of carbonyl (C=O) groups is 2. The summed E-state index contributed by atoms with van der Waals surface area (Å²) in [7, 11) is 0. The van der Waals surface area contributed by atoms with Gasteiger partial charge in [0.05, 0.1) is 29.2 Å². The molecule has 0 saturated heterocycles. The predicted molar refractivity (Wildman–Crippen MR) is 159 cm³/mol.